The lowest BCUT2D eigenvalue weighted by Crippen LogP contribution is -2.46. The topological polar surface area (TPSA) is 101 Å². The number of rotatable bonds is 8. The van der Waals surface area contributed by atoms with Crippen LogP contribution in [0.1, 0.15) is 67.7 Å². The Labute approximate surface area is 270 Å². The molecule has 3 aliphatic rings. The number of carbonyl (C=O) groups excluding carboxylic acids is 3. The van der Waals surface area contributed by atoms with Crippen molar-refractivity contribution in [3.8, 4) is 0 Å². The average molecular weight is 622 g/mol. The number of benzene rings is 3. The van der Waals surface area contributed by atoms with Crippen LogP contribution < -0.4 is 9.80 Å². The Morgan fingerprint density at radius 1 is 0.978 bits per heavy atom. The molecule has 0 saturated carbocycles. The van der Waals surface area contributed by atoms with Gasteiger partial charge in [0, 0.05) is 43.1 Å². The molecular weight excluding hydrogens is 578 g/mol. The van der Waals surface area contributed by atoms with Gasteiger partial charge in [-0.3, -0.25) is 14.4 Å². The standard InChI is InChI=1S/C38H43N3O5/c1-27(12-11-18-36(44)40-25-30-16-9-8-15-29(30)22-32(40)26-42)38(46)33-23-31(39-21-10-3-2-7-17-35(39)43)19-20-34(33)41(37(38)45)24-28-13-5-4-6-14-28/h4-6,8-9,11-16,19-20,23,27,32,42,46H,2-3,7,10,17-18,21-22,24-26H2,1H3/b12-11+/t27-,32-,38+/m0/s1. The highest BCUT2D eigenvalue weighted by Gasteiger charge is 2.52. The number of fused-ring (bicyclic) bond motifs is 2. The molecule has 3 aromatic carbocycles. The van der Waals surface area contributed by atoms with Crippen LogP contribution in [-0.2, 0) is 39.5 Å². The lowest BCUT2D eigenvalue weighted by molar-refractivity contribution is -0.139. The van der Waals surface area contributed by atoms with E-state index in [-0.39, 0.29) is 30.9 Å². The van der Waals surface area contributed by atoms with Gasteiger partial charge in [-0.2, -0.15) is 0 Å². The monoisotopic (exact) mass is 621 g/mol. The minimum absolute atomic E-state index is 0.0571. The molecular formula is C38H43N3O5. The molecule has 0 aliphatic carbocycles. The molecule has 3 aromatic rings. The molecule has 1 saturated heterocycles. The molecule has 0 spiro atoms. The number of amides is 3. The summed E-state index contributed by atoms with van der Waals surface area (Å²) in [4.78, 5) is 45.8. The summed E-state index contributed by atoms with van der Waals surface area (Å²) in [5, 5.41) is 22.4. The van der Waals surface area contributed by atoms with Crippen molar-refractivity contribution in [3.63, 3.8) is 0 Å². The van der Waals surface area contributed by atoms with Crippen LogP contribution in [0.3, 0.4) is 0 Å². The van der Waals surface area contributed by atoms with E-state index >= 15 is 0 Å². The van der Waals surface area contributed by atoms with E-state index in [2.05, 4.69) is 0 Å². The van der Waals surface area contributed by atoms with Crippen LogP contribution >= 0.6 is 0 Å². The van der Waals surface area contributed by atoms with Crippen molar-refractivity contribution < 1.29 is 24.6 Å². The molecule has 0 radical (unpaired) electrons. The molecule has 240 valence electrons. The van der Waals surface area contributed by atoms with Crippen LogP contribution in [0.4, 0.5) is 11.4 Å². The van der Waals surface area contributed by atoms with Gasteiger partial charge < -0.3 is 24.9 Å². The maximum absolute atomic E-state index is 14.2. The molecule has 1 fully saturated rings. The Morgan fingerprint density at radius 2 is 1.72 bits per heavy atom. The third-order valence-corrected chi connectivity index (χ3v) is 9.83. The zero-order valence-corrected chi connectivity index (χ0v) is 26.5. The van der Waals surface area contributed by atoms with Crippen LogP contribution in [0, 0.1) is 5.92 Å². The first-order chi connectivity index (χ1) is 22.3. The largest absolute Gasteiger partial charge is 0.394 e. The third-order valence-electron chi connectivity index (χ3n) is 9.83. The normalized spacial score (nSPS) is 22.4. The zero-order chi connectivity index (χ0) is 32.3. The molecule has 0 aromatic heterocycles. The molecule has 2 N–H and O–H groups in total. The molecule has 3 atom stereocenters. The van der Waals surface area contributed by atoms with Crippen molar-refractivity contribution in [2.45, 2.75) is 76.6 Å². The van der Waals surface area contributed by atoms with E-state index in [9.17, 15) is 24.6 Å². The van der Waals surface area contributed by atoms with E-state index in [1.807, 2.05) is 72.8 Å². The predicted molar refractivity (Wildman–Crippen MR) is 178 cm³/mol. The Morgan fingerprint density at radius 3 is 2.50 bits per heavy atom. The van der Waals surface area contributed by atoms with Crippen LogP contribution in [0.5, 0.6) is 0 Å². The second kappa shape index (κ2) is 13.6. The van der Waals surface area contributed by atoms with Crippen molar-refractivity contribution in [1.29, 1.82) is 0 Å². The predicted octanol–water partition coefficient (Wildman–Crippen LogP) is 5.25. The molecule has 3 heterocycles. The van der Waals surface area contributed by atoms with E-state index in [0.29, 0.717) is 49.4 Å². The summed E-state index contributed by atoms with van der Waals surface area (Å²) < 4.78 is 0. The fraction of sp³-hybridized carbons (Fsp3) is 0.395. The lowest BCUT2D eigenvalue weighted by atomic mass is 9.82. The smallest absolute Gasteiger partial charge is 0.264 e. The van der Waals surface area contributed by atoms with Gasteiger partial charge in [0.25, 0.3) is 5.91 Å². The summed E-state index contributed by atoms with van der Waals surface area (Å²) in [5.74, 6) is -1.16. The molecule has 46 heavy (non-hydrogen) atoms. The van der Waals surface area contributed by atoms with E-state index in [1.54, 1.807) is 33.8 Å². The Balaban J connectivity index is 1.27. The summed E-state index contributed by atoms with van der Waals surface area (Å²) in [6, 6.07) is 22.9. The zero-order valence-electron chi connectivity index (χ0n) is 26.5. The highest BCUT2D eigenvalue weighted by molar-refractivity contribution is 6.08. The Hall–Kier alpha value is -4.27. The molecule has 0 bridgehead atoms. The minimum atomic E-state index is -1.89. The summed E-state index contributed by atoms with van der Waals surface area (Å²) in [7, 11) is 0. The van der Waals surface area contributed by atoms with E-state index in [1.165, 1.54) is 0 Å². The Bertz CT molecular complexity index is 1620. The van der Waals surface area contributed by atoms with Gasteiger partial charge in [-0.1, -0.05) is 86.5 Å². The van der Waals surface area contributed by atoms with Crippen molar-refractivity contribution in [3.05, 3.63) is 107 Å². The number of nitrogens with zero attached hydrogens (tertiary/aromatic N) is 3. The van der Waals surface area contributed by atoms with Crippen LogP contribution in [0.25, 0.3) is 0 Å². The number of aliphatic hydroxyl groups excluding tert-OH is 1. The van der Waals surface area contributed by atoms with Crippen molar-refractivity contribution in [2.24, 2.45) is 5.92 Å². The van der Waals surface area contributed by atoms with E-state index in [4.69, 9.17) is 0 Å². The first-order valence-electron chi connectivity index (χ1n) is 16.5. The maximum atomic E-state index is 14.2. The van der Waals surface area contributed by atoms with Gasteiger partial charge in [0.1, 0.15) is 0 Å². The number of carbonyl (C=O) groups is 3. The van der Waals surface area contributed by atoms with E-state index < -0.39 is 17.4 Å². The van der Waals surface area contributed by atoms with Gasteiger partial charge in [0.05, 0.1) is 24.9 Å². The van der Waals surface area contributed by atoms with Gasteiger partial charge in [-0.15, -0.1) is 0 Å². The van der Waals surface area contributed by atoms with Gasteiger partial charge in [0.2, 0.25) is 11.8 Å². The number of aliphatic hydroxyl groups is 2. The molecule has 3 amide bonds. The van der Waals surface area contributed by atoms with Gasteiger partial charge in [-0.25, -0.2) is 0 Å². The molecule has 6 rings (SSSR count). The quantitative estimate of drug-likeness (QED) is 0.335. The average Bonchev–Trinajstić information content (AvgIpc) is 3.28. The highest BCUT2D eigenvalue weighted by atomic mass is 16.3. The first kappa shape index (κ1) is 31.7. The number of hydrogen-bond acceptors (Lipinski definition) is 5. The van der Waals surface area contributed by atoms with Gasteiger partial charge >= 0.3 is 0 Å². The second-order valence-electron chi connectivity index (χ2n) is 12.8. The Kier molecular flexibility index (Phi) is 9.38. The number of hydrogen-bond donors (Lipinski definition) is 2. The molecule has 0 unspecified atom stereocenters. The minimum Gasteiger partial charge on any atom is -0.394 e. The fourth-order valence-corrected chi connectivity index (χ4v) is 7.13. The van der Waals surface area contributed by atoms with Gasteiger partial charge in [-0.05, 0) is 54.2 Å². The second-order valence-corrected chi connectivity index (χ2v) is 12.8. The molecule has 3 aliphatic heterocycles. The van der Waals surface area contributed by atoms with E-state index in [0.717, 1.165) is 42.4 Å². The summed E-state index contributed by atoms with van der Waals surface area (Å²) >= 11 is 0. The van der Waals surface area contributed by atoms with Crippen LogP contribution in [0.15, 0.2) is 84.9 Å². The highest BCUT2D eigenvalue weighted by Crippen LogP contribution is 2.47. The van der Waals surface area contributed by atoms with Gasteiger partial charge in [0.15, 0.2) is 5.60 Å². The maximum Gasteiger partial charge on any atom is 0.264 e. The SMILES string of the molecule is C[C@@H](/C=C/CC(=O)N1Cc2ccccc2C[C@H]1CO)[C@]1(O)C(=O)N(Cc2ccccc2)c2ccc(N3CCCCCCC3=O)cc21. The van der Waals surface area contributed by atoms with Crippen LogP contribution in [-0.4, -0.2) is 52.0 Å². The fourth-order valence-electron chi connectivity index (χ4n) is 7.13. The molecule has 8 heteroatoms. The first-order valence-corrected chi connectivity index (χ1v) is 16.5. The summed E-state index contributed by atoms with van der Waals surface area (Å²) in [6.07, 6.45) is 8.49. The van der Waals surface area contributed by atoms with Crippen molar-refractivity contribution in [2.75, 3.05) is 23.0 Å². The number of anilines is 2. The van der Waals surface area contributed by atoms with Crippen molar-refractivity contribution in [1.82, 2.24) is 4.90 Å². The molecule has 8 nitrogen and oxygen atoms in total. The third kappa shape index (κ3) is 6.11. The lowest BCUT2D eigenvalue weighted by Gasteiger charge is -2.36. The summed E-state index contributed by atoms with van der Waals surface area (Å²) in [6.45, 7) is 3.00. The summed E-state index contributed by atoms with van der Waals surface area (Å²) in [5.41, 5.74) is 3.05. The van der Waals surface area contributed by atoms with Crippen molar-refractivity contribution >= 4 is 29.1 Å². The van der Waals surface area contributed by atoms with Crippen LogP contribution in [0.2, 0.25) is 0 Å².